The number of alkyl halides is 3. The van der Waals surface area contributed by atoms with Crippen LogP contribution in [0.4, 0.5) is 13.2 Å². The second-order valence-corrected chi connectivity index (χ2v) is 5.68. The molecule has 0 bridgehead atoms. The number of hydrogen-bond acceptors (Lipinski definition) is 2. The van der Waals surface area contributed by atoms with E-state index >= 15 is 0 Å². The molecule has 0 aliphatic carbocycles. The first kappa shape index (κ1) is 18.1. The third-order valence-corrected chi connectivity index (χ3v) is 3.62. The number of aliphatic imine (C=N–C) groups is 1. The standard InChI is InChI=1S/C14H27F3N4/c1-4-11(3)20-13(18-5-2)19-8-12-6-7-21(9-12)10-14(15,16)17/h11-12H,4-10H2,1-3H3,(H2,18,19,20). The molecule has 2 unspecified atom stereocenters. The van der Waals surface area contributed by atoms with Gasteiger partial charge in [0.25, 0.3) is 0 Å². The summed E-state index contributed by atoms with van der Waals surface area (Å²) in [5.74, 6) is 0.959. The van der Waals surface area contributed by atoms with E-state index in [0.29, 0.717) is 25.7 Å². The molecule has 124 valence electrons. The van der Waals surface area contributed by atoms with Gasteiger partial charge in [-0.25, -0.2) is 0 Å². The Labute approximate surface area is 125 Å². The third-order valence-electron chi connectivity index (χ3n) is 3.62. The smallest absolute Gasteiger partial charge is 0.357 e. The molecule has 0 amide bonds. The lowest BCUT2D eigenvalue weighted by Crippen LogP contribution is -2.42. The van der Waals surface area contributed by atoms with Crippen molar-refractivity contribution in [2.24, 2.45) is 10.9 Å². The van der Waals surface area contributed by atoms with E-state index in [9.17, 15) is 13.2 Å². The Bertz CT molecular complexity index is 331. The van der Waals surface area contributed by atoms with E-state index in [0.717, 1.165) is 25.3 Å². The van der Waals surface area contributed by atoms with Crippen LogP contribution in [0.3, 0.4) is 0 Å². The Kier molecular flexibility index (Phi) is 7.28. The van der Waals surface area contributed by atoms with Gasteiger partial charge < -0.3 is 10.6 Å². The van der Waals surface area contributed by atoms with Crippen LogP contribution in [0.15, 0.2) is 4.99 Å². The van der Waals surface area contributed by atoms with Crippen LogP contribution >= 0.6 is 0 Å². The molecule has 0 saturated carbocycles. The van der Waals surface area contributed by atoms with Crippen LogP contribution in [-0.4, -0.2) is 55.8 Å². The monoisotopic (exact) mass is 308 g/mol. The topological polar surface area (TPSA) is 39.7 Å². The predicted octanol–water partition coefficient (Wildman–Crippen LogP) is 2.22. The summed E-state index contributed by atoms with van der Waals surface area (Å²) in [6.45, 7) is 7.68. The van der Waals surface area contributed by atoms with Crippen LogP contribution in [0.25, 0.3) is 0 Å². The van der Waals surface area contributed by atoms with Crippen molar-refractivity contribution in [1.29, 1.82) is 0 Å². The zero-order valence-electron chi connectivity index (χ0n) is 13.1. The SMILES string of the molecule is CCNC(=NCC1CCN(CC(F)(F)F)C1)NC(C)CC. The van der Waals surface area contributed by atoms with Gasteiger partial charge in [0, 0.05) is 25.7 Å². The van der Waals surface area contributed by atoms with Crippen molar-refractivity contribution < 1.29 is 13.2 Å². The van der Waals surface area contributed by atoms with Crippen molar-refractivity contribution in [1.82, 2.24) is 15.5 Å². The molecule has 21 heavy (non-hydrogen) atoms. The highest BCUT2D eigenvalue weighted by atomic mass is 19.4. The van der Waals surface area contributed by atoms with Crippen molar-refractivity contribution in [2.45, 2.75) is 45.8 Å². The van der Waals surface area contributed by atoms with E-state index in [-0.39, 0.29) is 5.92 Å². The number of hydrogen-bond donors (Lipinski definition) is 2. The molecule has 1 aliphatic rings. The van der Waals surface area contributed by atoms with Crippen LogP contribution in [0, 0.1) is 5.92 Å². The van der Waals surface area contributed by atoms with E-state index < -0.39 is 12.7 Å². The van der Waals surface area contributed by atoms with Gasteiger partial charge in [0.15, 0.2) is 5.96 Å². The van der Waals surface area contributed by atoms with Crippen LogP contribution in [-0.2, 0) is 0 Å². The molecule has 0 aromatic heterocycles. The quantitative estimate of drug-likeness (QED) is 0.584. The van der Waals surface area contributed by atoms with E-state index in [1.54, 1.807) is 0 Å². The lowest BCUT2D eigenvalue weighted by molar-refractivity contribution is -0.143. The third kappa shape index (κ3) is 7.55. The first-order chi connectivity index (χ1) is 9.84. The number of halogens is 3. The van der Waals surface area contributed by atoms with Gasteiger partial charge in [-0.2, -0.15) is 13.2 Å². The highest BCUT2D eigenvalue weighted by Gasteiger charge is 2.34. The molecule has 1 fully saturated rings. The van der Waals surface area contributed by atoms with Gasteiger partial charge in [-0.15, -0.1) is 0 Å². The van der Waals surface area contributed by atoms with E-state index in [1.807, 2.05) is 6.92 Å². The van der Waals surface area contributed by atoms with Gasteiger partial charge in [0.05, 0.1) is 6.54 Å². The predicted molar refractivity (Wildman–Crippen MR) is 79.5 cm³/mol. The molecular formula is C14H27F3N4. The zero-order chi connectivity index (χ0) is 15.9. The zero-order valence-corrected chi connectivity index (χ0v) is 13.1. The van der Waals surface area contributed by atoms with Crippen molar-refractivity contribution >= 4 is 5.96 Å². The lowest BCUT2D eigenvalue weighted by atomic mass is 10.1. The molecular weight excluding hydrogens is 281 g/mol. The Hall–Kier alpha value is -0.980. The Balaban J connectivity index is 2.43. The number of nitrogens with zero attached hydrogens (tertiary/aromatic N) is 2. The molecule has 1 heterocycles. The molecule has 1 saturated heterocycles. The first-order valence-electron chi connectivity index (χ1n) is 7.68. The fraction of sp³-hybridized carbons (Fsp3) is 0.929. The maximum atomic E-state index is 12.3. The Morgan fingerprint density at radius 3 is 2.67 bits per heavy atom. The van der Waals surface area contributed by atoms with E-state index in [4.69, 9.17) is 0 Å². The summed E-state index contributed by atoms with van der Waals surface area (Å²) >= 11 is 0. The summed E-state index contributed by atoms with van der Waals surface area (Å²) in [6, 6.07) is 0.327. The van der Waals surface area contributed by atoms with Crippen LogP contribution < -0.4 is 10.6 Å². The number of guanidine groups is 1. The summed E-state index contributed by atoms with van der Waals surface area (Å²) in [4.78, 5) is 5.97. The molecule has 0 aromatic rings. The first-order valence-corrected chi connectivity index (χ1v) is 7.68. The van der Waals surface area contributed by atoms with Crippen LogP contribution in [0.2, 0.25) is 0 Å². The minimum atomic E-state index is -4.11. The van der Waals surface area contributed by atoms with Gasteiger partial charge in [-0.05, 0) is 39.2 Å². The van der Waals surface area contributed by atoms with Crippen molar-refractivity contribution in [3.63, 3.8) is 0 Å². The molecule has 0 aromatic carbocycles. The lowest BCUT2D eigenvalue weighted by Gasteiger charge is -2.18. The molecule has 1 aliphatic heterocycles. The summed E-state index contributed by atoms with van der Waals surface area (Å²) < 4.78 is 37.0. The summed E-state index contributed by atoms with van der Waals surface area (Å²) in [7, 11) is 0. The van der Waals surface area contributed by atoms with Gasteiger partial charge >= 0.3 is 6.18 Å². The van der Waals surface area contributed by atoms with E-state index in [2.05, 4.69) is 29.5 Å². The van der Waals surface area contributed by atoms with E-state index in [1.165, 1.54) is 4.90 Å². The summed E-state index contributed by atoms with van der Waals surface area (Å²) in [5, 5.41) is 6.45. The van der Waals surface area contributed by atoms with Crippen molar-refractivity contribution in [3.8, 4) is 0 Å². The molecule has 0 spiro atoms. The number of nitrogens with one attached hydrogen (secondary N) is 2. The second-order valence-electron chi connectivity index (χ2n) is 5.68. The highest BCUT2D eigenvalue weighted by Crippen LogP contribution is 2.22. The van der Waals surface area contributed by atoms with Crippen molar-refractivity contribution in [3.05, 3.63) is 0 Å². The fourth-order valence-electron chi connectivity index (χ4n) is 2.33. The summed E-state index contributed by atoms with van der Waals surface area (Å²) in [5.41, 5.74) is 0. The molecule has 2 N–H and O–H groups in total. The molecule has 2 atom stereocenters. The summed E-state index contributed by atoms with van der Waals surface area (Å²) in [6.07, 6.45) is -2.33. The molecule has 4 nitrogen and oxygen atoms in total. The highest BCUT2D eigenvalue weighted by molar-refractivity contribution is 5.80. The minimum absolute atomic E-state index is 0.208. The maximum absolute atomic E-state index is 12.3. The molecule has 1 rings (SSSR count). The largest absolute Gasteiger partial charge is 0.401 e. The molecule has 0 radical (unpaired) electrons. The van der Waals surface area contributed by atoms with Gasteiger partial charge in [-0.3, -0.25) is 9.89 Å². The maximum Gasteiger partial charge on any atom is 0.401 e. The Morgan fingerprint density at radius 1 is 1.38 bits per heavy atom. The average molecular weight is 308 g/mol. The minimum Gasteiger partial charge on any atom is -0.357 e. The normalized spacial score (nSPS) is 22.4. The van der Waals surface area contributed by atoms with Crippen molar-refractivity contribution in [2.75, 3.05) is 32.7 Å². The fourth-order valence-corrected chi connectivity index (χ4v) is 2.33. The molecule has 7 heteroatoms. The number of likely N-dealkylation sites (tertiary alicyclic amines) is 1. The number of rotatable bonds is 6. The van der Waals surface area contributed by atoms with Crippen LogP contribution in [0.5, 0.6) is 0 Å². The second kappa shape index (κ2) is 8.46. The Morgan fingerprint density at radius 2 is 2.10 bits per heavy atom. The van der Waals surface area contributed by atoms with Gasteiger partial charge in [0.1, 0.15) is 0 Å². The van der Waals surface area contributed by atoms with Crippen LogP contribution in [0.1, 0.15) is 33.6 Å². The average Bonchev–Trinajstić information content (AvgIpc) is 2.81. The van der Waals surface area contributed by atoms with Gasteiger partial charge in [-0.1, -0.05) is 6.92 Å². The van der Waals surface area contributed by atoms with Gasteiger partial charge in [0.2, 0.25) is 0 Å².